The molecule has 5 rings (SSSR count). The van der Waals surface area contributed by atoms with Gasteiger partial charge in [0.25, 0.3) is 5.91 Å². The summed E-state index contributed by atoms with van der Waals surface area (Å²) in [5, 5.41) is 2.96. The molecule has 1 saturated heterocycles. The van der Waals surface area contributed by atoms with E-state index in [4.69, 9.17) is 4.74 Å². The van der Waals surface area contributed by atoms with Crippen molar-refractivity contribution in [3.8, 4) is 16.9 Å². The minimum absolute atomic E-state index is 0.108. The lowest BCUT2D eigenvalue weighted by molar-refractivity contribution is -0.0153. The van der Waals surface area contributed by atoms with Gasteiger partial charge in [-0.2, -0.15) is 0 Å². The number of hydrogen-bond acceptors (Lipinski definition) is 4. The third kappa shape index (κ3) is 5.01. The van der Waals surface area contributed by atoms with Crippen molar-refractivity contribution in [2.45, 2.75) is 51.3 Å². The number of ketones is 1. The molecule has 180 valence electrons. The number of piperidine rings is 1. The highest BCUT2D eigenvalue weighted by atomic mass is 16.5. The summed E-state index contributed by atoms with van der Waals surface area (Å²) < 4.78 is 6.46. The van der Waals surface area contributed by atoms with E-state index in [1.165, 1.54) is 0 Å². The Morgan fingerprint density at radius 2 is 1.66 bits per heavy atom. The molecule has 0 atom stereocenters. The van der Waals surface area contributed by atoms with Crippen LogP contribution in [0, 0.1) is 0 Å². The van der Waals surface area contributed by atoms with Gasteiger partial charge in [0.15, 0.2) is 5.78 Å². The van der Waals surface area contributed by atoms with Crippen LogP contribution in [0.3, 0.4) is 0 Å². The topological polar surface area (TPSA) is 58.6 Å². The van der Waals surface area contributed by atoms with Crippen molar-refractivity contribution in [2.75, 3.05) is 13.1 Å². The lowest BCUT2D eigenvalue weighted by Gasteiger charge is -2.45. The van der Waals surface area contributed by atoms with Gasteiger partial charge in [0.2, 0.25) is 0 Å². The van der Waals surface area contributed by atoms with E-state index in [0.29, 0.717) is 35.9 Å². The highest BCUT2D eigenvalue weighted by Crippen LogP contribution is 2.41. The van der Waals surface area contributed by atoms with Gasteiger partial charge in [0.05, 0.1) is 12.0 Å². The molecule has 1 N–H and O–H groups in total. The van der Waals surface area contributed by atoms with Crippen LogP contribution in [0.1, 0.15) is 59.4 Å². The molecular weight excluding hydrogens is 436 g/mol. The third-order valence-corrected chi connectivity index (χ3v) is 7.31. The Labute approximate surface area is 207 Å². The first-order valence-electron chi connectivity index (χ1n) is 12.5. The number of hydrogen-bond donors (Lipinski definition) is 1. The van der Waals surface area contributed by atoms with Crippen LogP contribution in [0.4, 0.5) is 0 Å². The second kappa shape index (κ2) is 9.67. The molecule has 0 radical (unpaired) electrons. The van der Waals surface area contributed by atoms with E-state index in [-0.39, 0.29) is 17.3 Å². The minimum atomic E-state index is -0.369. The summed E-state index contributed by atoms with van der Waals surface area (Å²) in [5.41, 5.74) is 3.87. The quantitative estimate of drug-likeness (QED) is 0.538. The van der Waals surface area contributed by atoms with E-state index in [0.717, 1.165) is 42.6 Å². The van der Waals surface area contributed by atoms with Gasteiger partial charge in [-0.1, -0.05) is 48.5 Å². The van der Waals surface area contributed by atoms with Crippen molar-refractivity contribution in [1.82, 2.24) is 10.2 Å². The number of benzene rings is 3. The van der Waals surface area contributed by atoms with E-state index in [1.54, 1.807) is 0 Å². The van der Waals surface area contributed by atoms with Crippen LogP contribution in [-0.2, 0) is 6.54 Å². The average Bonchev–Trinajstić information content (AvgIpc) is 2.88. The zero-order chi connectivity index (χ0) is 24.4. The van der Waals surface area contributed by atoms with Gasteiger partial charge in [-0.15, -0.1) is 0 Å². The Hall–Kier alpha value is -3.44. The molecule has 3 aromatic rings. The maximum atomic E-state index is 13.1. The summed E-state index contributed by atoms with van der Waals surface area (Å²) in [7, 11) is 0. The van der Waals surface area contributed by atoms with Crippen LogP contribution >= 0.6 is 0 Å². The third-order valence-electron chi connectivity index (χ3n) is 7.31. The number of Topliss-reactive ketones (excluding diaryl/α,β-unsaturated/α-hetero) is 1. The molecule has 2 aliphatic rings. The molecule has 2 heterocycles. The molecule has 1 fully saturated rings. The SMILES string of the molecule is CC(C)N1CCC2(CC1)CC(=O)c1cc(-c3ccc(C(=O)NCc4ccccc4)cc3)ccc1O2. The zero-order valence-corrected chi connectivity index (χ0v) is 20.4. The first kappa shape index (κ1) is 23.3. The van der Waals surface area contributed by atoms with Crippen molar-refractivity contribution in [3.05, 3.63) is 89.5 Å². The second-order valence-corrected chi connectivity index (χ2v) is 9.97. The lowest BCUT2D eigenvalue weighted by Crippen LogP contribution is -2.52. The van der Waals surface area contributed by atoms with E-state index in [1.807, 2.05) is 72.8 Å². The molecule has 1 spiro atoms. The molecule has 35 heavy (non-hydrogen) atoms. The summed E-state index contributed by atoms with van der Waals surface area (Å²) in [6, 6.07) is 23.7. The Morgan fingerprint density at radius 1 is 0.971 bits per heavy atom. The molecule has 0 aromatic heterocycles. The predicted molar refractivity (Wildman–Crippen MR) is 138 cm³/mol. The highest BCUT2D eigenvalue weighted by Gasteiger charge is 2.43. The predicted octanol–water partition coefficient (Wildman–Crippen LogP) is 5.49. The number of ether oxygens (including phenoxy) is 1. The number of carbonyl (C=O) groups is 2. The smallest absolute Gasteiger partial charge is 0.251 e. The van der Waals surface area contributed by atoms with Crippen molar-refractivity contribution in [2.24, 2.45) is 0 Å². The standard InChI is InChI=1S/C30H32N2O3/c1-21(2)32-16-14-30(15-17-32)19-27(33)26-18-25(12-13-28(26)35-30)23-8-10-24(11-9-23)29(34)31-20-22-6-4-3-5-7-22/h3-13,18,21H,14-17,19-20H2,1-2H3,(H,31,34). The fourth-order valence-electron chi connectivity index (χ4n) is 5.09. The molecule has 0 aliphatic carbocycles. The van der Waals surface area contributed by atoms with Gasteiger partial charge in [-0.05, 0) is 54.8 Å². The number of fused-ring (bicyclic) bond motifs is 1. The maximum Gasteiger partial charge on any atom is 0.251 e. The Balaban J connectivity index is 1.27. The molecule has 5 nitrogen and oxygen atoms in total. The van der Waals surface area contributed by atoms with Crippen LogP contribution < -0.4 is 10.1 Å². The number of rotatable bonds is 5. The van der Waals surface area contributed by atoms with Crippen LogP contribution in [0.5, 0.6) is 5.75 Å². The molecule has 0 saturated carbocycles. The van der Waals surface area contributed by atoms with E-state index in [9.17, 15) is 9.59 Å². The van der Waals surface area contributed by atoms with Crippen molar-refractivity contribution >= 4 is 11.7 Å². The van der Waals surface area contributed by atoms with Crippen molar-refractivity contribution in [3.63, 3.8) is 0 Å². The summed E-state index contributed by atoms with van der Waals surface area (Å²) in [5.74, 6) is 0.742. The number of nitrogens with zero attached hydrogens (tertiary/aromatic N) is 1. The lowest BCUT2D eigenvalue weighted by atomic mass is 9.81. The summed E-state index contributed by atoms with van der Waals surface area (Å²) in [6.07, 6.45) is 2.20. The summed E-state index contributed by atoms with van der Waals surface area (Å²) in [4.78, 5) is 28.1. The second-order valence-electron chi connectivity index (χ2n) is 9.97. The first-order valence-corrected chi connectivity index (χ1v) is 12.5. The van der Waals surface area contributed by atoms with Gasteiger partial charge in [-0.3, -0.25) is 9.59 Å². The number of carbonyl (C=O) groups excluding carboxylic acids is 2. The van der Waals surface area contributed by atoms with Crippen LogP contribution in [-0.4, -0.2) is 41.3 Å². The van der Waals surface area contributed by atoms with Crippen LogP contribution in [0.15, 0.2) is 72.8 Å². The van der Waals surface area contributed by atoms with Crippen LogP contribution in [0.25, 0.3) is 11.1 Å². The Bertz CT molecular complexity index is 1210. The number of amides is 1. The summed E-state index contributed by atoms with van der Waals surface area (Å²) >= 11 is 0. The highest BCUT2D eigenvalue weighted by molar-refractivity contribution is 6.01. The fourth-order valence-corrected chi connectivity index (χ4v) is 5.09. The molecule has 0 unspecified atom stereocenters. The Morgan fingerprint density at radius 3 is 2.34 bits per heavy atom. The number of nitrogens with one attached hydrogen (secondary N) is 1. The van der Waals surface area contributed by atoms with Gasteiger partial charge in [0.1, 0.15) is 11.4 Å². The Kier molecular flexibility index (Phi) is 6.44. The van der Waals surface area contributed by atoms with Gasteiger partial charge < -0.3 is 15.0 Å². The molecular formula is C30H32N2O3. The normalized spacial score (nSPS) is 17.2. The molecule has 0 bridgehead atoms. The van der Waals surface area contributed by atoms with Gasteiger partial charge >= 0.3 is 0 Å². The van der Waals surface area contributed by atoms with Crippen molar-refractivity contribution < 1.29 is 14.3 Å². The van der Waals surface area contributed by atoms with Crippen molar-refractivity contribution in [1.29, 1.82) is 0 Å². The molecule has 5 heteroatoms. The van der Waals surface area contributed by atoms with E-state index >= 15 is 0 Å². The van der Waals surface area contributed by atoms with Crippen LogP contribution in [0.2, 0.25) is 0 Å². The summed E-state index contributed by atoms with van der Waals surface area (Å²) in [6.45, 7) is 6.84. The van der Waals surface area contributed by atoms with E-state index < -0.39 is 0 Å². The molecule has 3 aromatic carbocycles. The molecule has 2 aliphatic heterocycles. The van der Waals surface area contributed by atoms with Gasteiger partial charge in [-0.25, -0.2) is 0 Å². The maximum absolute atomic E-state index is 13.1. The fraction of sp³-hybridized carbons (Fsp3) is 0.333. The minimum Gasteiger partial charge on any atom is -0.486 e. The molecule has 1 amide bonds. The number of likely N-dealkylation sites (tertiary alicyclic amines) is 1. The first-order chi connectivity index (χ1) is 16.9. The monoisotopic (exact) mass is 468 g/mol. The van der Waals surface area contributed by atoms with Gasteiger partial charge in [0, 0.05) is 44.1 Å². The largest absolute Gasteiger partial charge is 0.486 e. The zero-order valence-electron chi connectivity index (χ0n) is 20.4. The average molecular weight is 469 g/mol. The van der Waals surface area contributed by atoms with E-state index in [2.05, 4.69) is 24.1 Å².